The molecule has 0 aromatic carbocycles. The van der Waals surface area contributed by atoms with Gasteiger partial charge in [-0.1, -0.05) is 310 Å². The average Bonchev–Trinajstić information content (AvgIpc) is 3.44. The fourth-order valence-corrected chi connectivity index (χ4v) is 9.19. The second kappa shape index (κ2) is 65.6. The smallest absolute Gasteiger partial charge is 0.306 e. The number of carbonyl (C=O) groups excluding carboxylic acids is 3. The van der Waals surface area contributed by atoms with E-state index in [1.54, 1.807) is 0 Å². The summed E-state index contributed by atoms with van der Waals surface area (Å²) in [6.07, 6.45) is 89.8. The van der Waals surface area contributed by atoms with Crippen molar-refractivity contribution in [3.63, 3.8) is 0 Å². The molecule has 0 aliphatic rings. The Hall–Kier alpha value is -3.93. The van der Waals surface area contributed by atoms with Crippen molar-refractivity contribution in [1.29, 1.82) is 0 Å². The zero-order valence-electron chi connectivity index (χ0n) is 51.2. The minimum atomic E-state index is -0.806. The third kappa shape index (κ3) is 62.9. The van der Waals surface area contributed by atoms with Crippen molar-refractivity contribution in [2.75, 3.05) is 13.2 Å². The predicted molar refractivity (Wildman–Crippen MR) is 339 cm³/mol. The molecule has 446 valence electrons. The quantitative estimate of drug-likeness (QED) is 0.0261. The van der Waals surface area contributed by atoms with E-state index in [0.29, 0.717) is 19.3 Å². The number of esters is 3. The molecule has 0 aromatic heterocycles. The first-order chi connectivity index (χ1) is 38.5. The lowest BCUT2D eigenvalue weighted by molar-refractivity contribution is -0.166. The molecular weight excluding hydrogens is 961 g/mol. The van der Waals surface area contributed by atoms with Gasteiger partial charge < -0.3 is 14.2 Å². The summed E-state index contributed by atoms with van der Waals surface area (Å²) >= 11 is 0. The van der Waals surface area contributed by atoms with Crippen molar-refractivity contribution in [3.8, 4) is 0 Å². The normalized spacial score (nSPS) is 12.8. The molecule has 1 unspecified atom stereocenters. The Morgan fingerprint density at radius 1 is 0.269 bits per heavy atom. The van der Waals surface area contributed by atoms with Crippen LogP contribution in [0.25, 0.3) is 0 Å². The number of carbonyl (C=O) groups is 3. The van der Waals surface area contributed by atoms with E-state index in [9.17, 15) is 14.4 Å². The van der Waals surface area contributed by atoms with Gasteiger partial charge in [0, 0.05) is 19.3 Å². The summed E-state index contributed by atoms with van der Waals surface area (Å²) in [7, 11) is 0. The number of unbranched alkanes of at least 4 members (excludes halogenated alkanes) is 30. The molecule has 0 saturated carbocycles. The third-order valence-corrected chi connectivity index (χ3v) is 14.0. The molecule has 0 aliphatic carbocycles. The van der Waals surface area contributed by atoms with E-state index in [1.807, 2.05) is 6.08 Å². The summed E-state index contributed by atoms with van der Waals surface area (Å²) in [5.41, 5.74) is 0. The number of ether oxygens (including phenoxy) is 3. The van der Waals surface area contributed by atoms with Gasteiger partial charge in [0.2, 0.25) is 0 Å². The Morgan fingerprint density at radius 3 is 0.859 bits per heavy atom. The second-order valence-electron chi connectivity index (χ2n) is 21.6. The topological polar surface area (TPSA) is 78.9 Å². The van der Waals surface area contributed by atoms with Crippen LogP contribution in [-0.2, 0) is 28.6 Å². The van der Waals surface area contributed by atoms with E-state index < -0.39 is 6.10 Å². The Kier molecular flexibility index (Phi) is 62.3. The lowest BCUT2D eigenvalue weighted by Crippen LogP contribution is -2.30. The van der Waals surface area contributed by atoms with Gasteiger partial charge in [0.15, 0.2) is 6.10 Å². The van der Waals surface area contributed by atoms with Crippen LogP contribution in [0.4, 0.5) is 0 Å². The molecule has 0 aromatic rings. The maximum atomic E-state index is 12.9. The zero-order valence-corrected chi connectivity index (χ0v) is 51.2. The van der Waals surface area contributed by atoms with Crippen LogP contribution in [0.2, 0.25) is 0 Å². The van der Waals surface area contributed by atoms with Gasteiger partial charge >= 0.3 is 17.9 Å². The summed E-state index contributed by atoms with van der Waals surface area (Å²) in [6, 6.07) is 0. The number of hydrogen-bond acceptors (Lipinski definition) is 6. The van der Waals surface area contributed by atoms with Gasteiger partial charge in [0.25, 0.3) is 0 Å². The standard InChI is InChI=1S/C72H122O6/c1-4-7-10-13-16-19-22-25-27-29-30-31-32-33-34-35-36-37-38-39-40-41-42-43-45-47-50-53-56-59-62-65-71(74)77-68-69(67-76-70(73)64-61-58-55-52-49-46-24-21-18-15-12-9-6-3)78-72(75)66-63-60-57-54-51-48-44-28-26-23-20-17-14-11-8-5-2/h7,9-10,12,16,18-19,21,25,27,30-31,33-34,46,49,55,58,69H,4-6,8,11,13-15,17,20,22-24,26,28-29,32,35-45,47-48,50-54,56-57,59-68H2,1-3H3/b10-7-,12-9-,19-16-,21-18-,27-25-,31-30-,34-33-,49-46-,58-55-. The largest absolute Gasteiger partial charge is 0.462 e. The van der Waals surface area contributed by atoms with E-state index in [4.69, 9.17) is 14.2 Å². The molecule has 0 saturated heterocycles. The first kappa shape index (κ1) is 74.1. The second-order valence-corrected chi connectivity index (χ2v) is 21.6. The molecule has 6 nitrogen and oxygen atoms in total. The zero-order chi connectivity index (χ0) is 56.4. The molecule has 0 spiro atoms. The minimum absolute atomic E-state index is 0.0971. The van der Waals surface area contributed by atoms with Gasteiger partial charge in [-0.2, -0.15) is 0 Å². The third-order valence-electron chi connectivity index (χ3n) is 14.0. The maximum Gasteiger partial charge on any atom is 0.306 e. The van der Waals surface area contributed by atoms with Crippen LogP contribution >= 0.6 is 0 Å². The molecule has 0 aliphatic heterocycles. The van der Waals surface area contributed by atoms with Crippen LogP contribution < -0.4 is 0 Å². The van der Waals surface area contributed by atoms with Gasteiger partial charge in [-0.05, 0) is 89.9 Å². The van der Waals surface area contributed by atoms with Gasteiger partial charge in [0.1, 0.15) is 13.2 Å². The number of allylic oxidation sites excluding steroid dienone is 18. The monoisotopic (exact) mass is 1080 g/mol. The molecule has 0 rings (SSSR count). The van der Waals surface area contributed by atoms with Crippen molar-refractivity contribution in [2.24, 2.45) is 0 Å². The van der Waals surface area contributed by atoms with Gasteiger partial charge in [-0.15, -0.1) is 0 Å². The SMILES string of the molecule is CC/C=C\C/C=C\C/C=C\C/C=C\C/C=C\CCCCCCCCCCCCCCCCCC(=O)OCC(COC(=O)CC/C=C\C/C=C\C/C=C\C/C=C\CC)OC(=O)CCCCCCCCCCCCCCCCCC. The van der Waals surface area contributed by atoms with Crippen LogP contribution in [0, 0.1) is 0 Å². The lowest BCUT2D eigenvalue weighted by atomic mass is 10.0. The lowest BCUT2D eigenvalue weighted by Gasteiger charge is -2.18. The maximum absolute atomic E-state index is 12.9. The van der Waals surface area contributed by atoms with Crippen LogP contribution in [-0.4, -0.2) is 37.2 Å². The summed E-state index contributed by atoms with van der Waals surface area (Å²) in [4.78, 5) is 38.2. The van der Waals surface area contributed by atoms with E-state index in [2.05, 4.69) is 124 Å². The molecule has 0 N–H and O–H groups in total. The van der Waals surface area contributed by atoms with Crippen molar-refractivity contribution in [2.45, 2.75) is 316 Å². The van der Waals surface area contributed by atoms with Crippen molar-refractivity contribution in [1.82, 2.24) is 0 Å². The molecule has 0 radical (unpaired) electrons. The Bertz CT molecular complexity index is 1570. The highest BCUT2D eigenvalue weighted by molar-refractivity contribution is 5.71. The van der Waals surface area contributed by atoms with Crippen LogP contribution in [0.5, 0.6) is 0 Å². The summed E-state index contributed by atoms with van der Waals surface area (Å²) < 4.78 is 16.8. The molecule has 78 heavy (non-hydrogen) atoms. The van der Waals surface area contributed by atoms with Crippen molar-refractivity contribution in [3.05, 3.63) is 109 Å². The molecule has 0 heterocycles. The van der Waals surface area contributed by atoms with Gasteiger partial charge in [-0.3, -0.25) is 14.4 Å². The molecule has 0 bridgehead atoms. The molecule has 0 amide bonds. The summed E-state index contributed by atoms with van der Waals surface area (Å²) in [5.74, 6) is -0.971. The fourth-order valence-electron chi connectivity index (χ4n) is 9.19. The van der Waals surface area contributed by atoms with Crippen LogP contribution in [0.3, 0.4) is 0 Å². The molecule has 1 atom stereocenters. The molecular formula is C72H122O6. The highest BCUT2D eigenvalue weighted by atomic mass is 16.6. The average molecular weight is 1080 g/mol. The highest BCUT2D eigenvalue weighted by Gasteiger charge is 2.19. The van der Waals surface area contributed by atoms with Gasteiger partial charge in [0.05, 0.1) is 0 Å². The fraction of sp³-hybridized carbons (Fsp3) is 0.708. The van der Waals surface area contributed by atoms with Crippen molar-refractivity contribution >= 4 is 17.9 Å². The van der Waals surface area contributed by atoms with Crippen LogP contribution in [0.15, 0.2) is 109 Å². The first-order valence-corrected chi connectivity index (χ1v) is 32.9. The van der Waals surface area contributed by atoms with E-state index in [0.717, 1.165) is 96.3 Å². The summed E-state index contributed by atoms with van der Waals surface area (Å²) in [6.45, 7) is 6.38. The van der Waals surface area contributed by atoms with E-state index >= 15 is 0 Å². The Labute approximate surface area is 482 Å². The van der Waals surface area contributed by atoms with E-state index in [-0.39, 0.29) is 37.5 Å². The Morgan fingerprint density at radius 2 is 0.526 bits per heavy atom. The summed E-state index contributed by atoms with van der Waals surface area (Å²) in [5, 5.41) is 0. The minimum Gasteiger partial charge on any atom is -0.462 e. The predicted octanol–water partition coefficient (Wildman–Crippen LogP) is 22.6. The number of rotatable bonds is 59. The van der Waals surface area contributed by atoms with Gasteiger partial charge in [-0.25, -0.2) is 0 Å². The molecule has 0 fully saturated rings. The number of hydrogen-bond donors (Lipinski definition) is 0. The van der Waals surface area contributed by atoms with Crippen LogP contribution in [0.1, 0.15) is 310 Å². The van der Waals surface area contributed by atoms with Crippen molar-refractivity contribution < 1.29 is 28.6 Å². The van der Waals surface area contributed by atoms with E-state index in [1.165, 1.54) is 167 Å². The Balaban J connectivity index is 4.23. The highest BCUT2D eigenvalue weighted by Crippen LogP contribution is 2.17. The first-order valence-electron chi connectivity index (χ1n) is 32.9. The molecule has 6 heteroatoms.